The zero-order valence-electron chi connectivity index (χ0n) is 17.2. The van der Waals surface area contributed by atoms with Gasteiger partial charge in [0, 0.05) is 10.6 Å². The van der Waals surface area contributed by atoms with Gasteiger partial charge in [0.25, 0.3) is 0 Å². The van der Waals surface area contributed by atoms with Crippen molar-refractivity contribution >= 4 is 22.6 Å². The summed E-state index contributed by atoms with van der Waals surface area (Å²) in [7, 11) is 1.68. The summed E-state index contributed by atoms with van der Waals surface area (Å²) in [5, 5.41) is 6.56. The molecule has 0 saturated heterocycles. The highest BCUT2D eigenvalue weighted by Crippen LogP contribution is 2.37. The molecule has 0 aliphatic rings. The summed E-state index contributed by atoms with van der Waals surface area (Å²) in [6.45, 7) is 2.02. The Morgan fingerprint density at radius 3 is 2.29 bits per heavy atom. The Morgan fingerprint density at radius 1 is 0.839 bits per heavy atom. The summed E-state index contributed by atoms with van der Waals surface area (Å²) >= 11 is 6.15. The number of hydrogen-bond acceptors (Lipinski definition) is 3. The molecule has 0 bridgehead atoms. The van der Waals surface area contributed by atoms with Gasteiger partial charge in [-0.05, 0) is 60.5 Å². The molecule has 31 heavy (non-hydrogen) atoms. The molecule has 2 aromatic heterocycles. The number of fused-ring (bicyclic) bond motifs is 1. The Hall–Kier alpha value is -3.63. The maximum Gasteiger partial charge on any atom is 0.164 e. The van der Waals surface area contributed by atoms with E-state index in [0.717, 1.165) is 50.5 Å². The van der Waals surface area contributed by atoms with Gasteiger partial charge >= 0.3 is 0 Å². The number of aromatic nitrogens is 3. The first kappa shape index (κ1) is 19.3. The minimum absolute atomic E-state index is 0.704. The Balaban J connectivity index is 1.86. The van der Waals surface area contributed by atoms with Crippen molar-refractivity contribution in [3.05, 3.63) is 95.6 Å². The number of nitrogens with zero attached hydrogens (tertiary/aromatic N) is 3. The van der Waals surface area contributed by atoms with Crippen LogP contribution in [0.2, 0.25) is 5.02 Å². The third kappa shape index (κ3) is 3.45. The number of methoxy groups -OCH3 is 1. The van der Waals surface area contributed by atoms with E-state index in [1.807, 2.05) is 90.5 Å². The number of para-hydroxylation sites is 2. The van der Waals surface area contributed by atoms with Crippen LogP contribution >= 0.6 is 11.6 Å². The van der Waals surface area contributed by atoms with Crippen molar-refractivity contribution in [2.45, 2.75) is 6.92 Å². The predicted octanol–water partition coefficient (Wildman–Crippen LogP) is 6.72. The molecular formula is C26H20ClN3O. The average Bonchev–Trinajstić information content (AvgIpc) is 3.16. The lowest BCUT2D eigenvalue weighted by atomic mass is 9.99. The van der Waals surface area contributed by atoms with Gasteiger partial charge in [-0.3, -0.25) is 0 Å². The molecule has 0 atom stereocenters. The molecule has 0 N–H and O–H groups in total. The second kappa shape index (κ2) is 7.89. The van der Waals surface area contributed by atoms with Gasteiger partial charge in [0.15, 0.2) is 5.65 Å². The van der Waals surface area contributed by atoms with Gasteiger partial charge < -0.3 is 4.74 Å². The molecule has 0 amide bonds. The van der Waals surface area contributed by atoms with Crippen LogP contribution in [-0.2, 0) is 0 Å². The van der Waals surface area contributed by atoms with Crippen molar-refractivity contribution in [3.63, 3.8) is 0 Å². The van der Waals surface area contributed by atoms with Crippen molar-refractivity contribution in [2.75, 3.05) is 7.11 Å². The fourth-order valence-corrected chi connectivity index (χ4v) is 4.02. The summed E-state index contributed by atoms with van der Waals surface area (Å²) in [6.07, 6.45) is 0. The van der Waals surface area contributed by atoms with Gasteiger partial charge in [0.2, 0.25) is 0 Å². The molecule has 152 valence electrons. The van der Waals surface area contributed by atoms with E-state index in [-0.39, 0.29) is 0 Å². The maximum atomic E-state index is 6.15. The van der Waals surface area contributed by atoms with E-state index in [2.05, 4.69) is 6.07 Å². The molecule has 3 aromatic carbocycles. The fourth-order valence-electron chi connectivity index (χ4n) is 3.89. The highest BCUT2D eigenvalue weighted by atomic mass is 35.5. The van der Waals surface area contributed by atoms with Crippen LogP contribution in [0.1, 0.15) is 5.69 Å². The standard InChI is InChI=1S/C26H20ClN3O/c1-17-25-22(18-12-14-19(27)15-13-18)16-23(21-10-6-7-11-24(21)31-2)28-26(25)30(29-17)20-8-4-3-5-9-20/h3-16H,1-2H3. The molecule has 5 aromatic rings. The Morgan fingerprint density at radius 2 is 1.55 bits per heavy atom. The van der Waals surface area contributed by atoms with Gasteiger partial charge in [-0.2, -0.15) is 5.10 Å². The summed E-state index contributed by atoms with van der Waals surface area (Å²) in [5.41, 5.74) is 6.56. The Kier molecular flexibility index (Phi) is 4.92. The van der Waals surface area contributed by atoms with E-state index >= 15 is 0 Å². The highest BCUT2D eigenvalue weighted by molar-refractivity contribution is 6.30. The third-order valence-electron chi connectivity index (χ3n) is 5.35. The second-order valence-corrected chi connectivity index (χ2v) is 7.73. The topological polar surface area (TPSA) is 39.9 Å². The van der Waals surface area contributed by atoms with E-state index < -0.39 is 0 Å². The molecule has 5 heteroatoms. The fraction of sp³-hybridized carbons (Fsp3) is 0.0769. The van der Waals surface area contributed by atoms with Crippen molar-refractivity contribution in [3.8, 4) is 33.8 Å². The summed E-state index contributed by atoms with van der Waals surface area (Å²) in [6, 6.07) is 28.0. The van der Waals surface area contributed by atoms with E-state index in [1.54, 1.807) is 7.11 Å². The van der Waals surface area contributed by atoms with Gasteiger partial charge in [0.05, 0.1) is 29.6 Å². The Labute approximate surface area is 185 Å². The highest BCUT2D eigenvalue weighted by Gasteiger charge is 2.19. The predicted molar refractivity (Wildman–Crippen MR) is 126 cm³/mol. The molecule has 0 spiro atoms. The van der Waals surface area contributed by atoms with Crippen LogP contribution in [0.4, 0.5) is 0 Å². The molecule has 5 rings (SSSR count). The maximum absolute atomic E-state index is 6.15. The normalized spacial score (nSPS) is 11.1. The van der Waals surface area contributed by atoms with Gasteiger partial charge in [-0.25, -0.2) is 9.67 Å². The second-order valence-electron chi connectivity index (χ2n) is 7.29. The van der Waals surface area contributed by atoms with Crippen LogP contribution in [0.3, 0.4) is 0 Å². The quantitative estimate of drug-likeness (QED) is 0.320. The summed E-state index contributed by atoms with van der Waals surface area (Å²) < 4.78 is 7.52. The SMILES string of the molecule is COc1ccccc1-c1cc(-c2ccc(Cl)cc2)c2c(C)nn(-c3ccccc3)c2n1. The van der Waals surface area contributed by atoms with Crippen LogP contribution in [0.25, 0.3) is 39.1 Å². The van der Waals surface area contributed by atoms with Crippen LogP contribution in [0.15, 0.2) is 84.9 Å². The third-order valence-corrected chi connectivity index (χ3v) is 5.60. The van der Waals surface area contributed by atoms with Crippen molar-refractivity contribution in [1.82, 2.24) is 14.8 Å². The summed E-state index contributed by atoms with van der Waals surface area (Å²) in [4.78, 5) is 5.05. The largest absolute Gasteiger partial charge is 0.496 e. The zero-order valence-corrected chi connectivity index (χ0v) is 18.0. The Bertz CT molecular complexity index is 1380. The first-order valence-electron chi connectivity index (χ1n) is 10.0. The number of ether oxygens (including phenoxy) is 1. The van der Waals surface area contributed by atoms with Crippen LogP contribution in [0, 0.1) is 6.92 Å². The molecule has 0 saturated carbocycles. The summed E-state index contributed by atoms with van der Waals surface area (Å²) in [5.74, 6) is 0.777. The van der Waals surface area contributed by atoms with E-state index in [1.165, 1.54) is 0 Å². The lowest BCUT2D eigenvalue weighted by Crippen LogP contribution is -1.99. The number of pyridine rings is 1. The van der Waals surface area contributed by atoms with Gasteiger partial charge in [-0.1, -0.05) is 54.1 Å². The molecule has 0 aliphatic heterocycles. The molecule has 4 nitrogen and oxygen atoms in total. The van der Waals surface area contributed by atoms with Gasteiger partial charge in [-0.15, -0.1) is 0 Å². The first-order valence-corrected chi connectivity index (χ1v) is 10.4. The molecule has 0 radical (unpaired) electrons. The minimum Gasteiger partial charge on any atom is -0.496 e. The average molecular weight is 426 g/mol. The smallest absolute Gasteiger partial charge is 0.164 e. The lowest BCUT2D eigenvalue weighted by Gasteiger charge is -2.12. The van der Waals surface area contributed by atoms with Crippen molar-refractivity contribution in [1.29, 1.82) is 0 Å². The monoisotopic (exact) mass is 425 g/mol. The molecular weight excluding hydrogens is 406 g/mol. The van der Waals surface area contributed by atoms with E-state index in [9.17, 15) is 0 Å². The zero-order chi connectivity index (χ0) is 21.4. The lowest BCUT2D eigenvalue weighted by molar-refractivity contribution is 0.416. The van der Waals surface area contributed by atoms with E-state index in [0.29, 0.717) is 5.02 Å². The van der Waals surface area contributed by atoms with Crippen LogP contribution < -0.4 is 4.74 Å². The van der Waals surface area contributed by atoms with Crippen molar-refractivity contribution < 1.29 is 4.74 Å². The molecule has 2 heterocycles. The molecule has 0 unspecified atom stereocenters. The minimum atomic E-state index is 0.704. The van der Waals surface area contributed by atoms with Crippen LogP contribution in [-0.4, -0.2) is 21.9 Å². The van der Waals surface area contributed by atoms with Crippen molar-refractivity contribution in [2.24, 2.45) is 0 Å². The van der Waals surface area contributed by atoms with E-state index in [4.69, 9.17) is 26.4 Å². The number of halogens is 1. The number of benzene rings is 3. The molecule has 0 aliphatic carbocycles. The van der Waals surface area contributed by atoms with Gasteiger partial charge in [0.1, 0.15) is 5.75 Å². The number of rotatable bonds is 4. The van der Waals surface area contributed by atoms with Crippen LogP contribution in [0.5, 0.6) is 5.75 Å². The first-order chi connectivity index (χ1) is 15.2. The number of hydrogen-bond donors (Lipinski definition) is 0. The number of aryl methyl sites for hydroxylation is 1. The molecule has 0 fully saturated rings.